The zero-order valence-corrected chi connectivity index (χ0v) is 11.7. The highest BCUT2D eigenvalue weighted by molar-refractivity contribution is 5.83. The monoisotopic (exact) mass is 254 g/mol. The van der Waals surface area contributed by atoms with Crippen molar-refractivity contribution in [2.75, 3.05) is 19.6 Å². The van der Waals surface area contributed by atoms with Gasteiger partial charge in [0.1, 0.15) is 0 Å². The number of nitrogens with zero attached hydrogens (tertiary/aromatic N) is 1. The fraction of sp³-hybridized carbons (Fsp3) is 0.412. The highest BCUT2D eigenvalue weighted by Crippen LogP contribution is 2.33. The van der Waals surface area contributed by atoms with Crippen molar-refractivity contribution in [1.82, 2.24) is 9.88 Å². The molecule has 1 aromatic carbocycles. The number of para-hydroxylation sites is 1. The molecule has 100 valence electrons. The van der Waals surface area contributed by atoms with Crippen molar-refractivity contribution in [2.24, 2.45) is 0 Å². The number of rotatable bonds is 3. The van der Waals surface area contributed by atoms with Crippen molar-refractivity contribution in [1.29, 1.82) is 0 Å². The first-order chi connectivity index (χ1) is 9.24. The standard InChI is InChI=1S/C17H22N2/c1-13(2)12-19-9-7-14(8-10-19)16-11-18-17-6-4-3-5-15(16)17/h3-6,11,14,18H,1,7-10,12H2,2H3. The summed E-state index contributed by atoms with van der Waals surface area (Å²) in [7, 11) is 0. The van der Waals surface area contributed by atoms with Crippen molar-refractivity contribution in [3.8, 4) is 0 Å². The summed E-state index contributed by atoms with van der Waals surface area (Å²) in [6.45, 7) is 9.57. The van der Waals surface area contributed by atoms with E-state index < -0.39 is 0 Å². The molecule has 2 nitrogen and oxygen atoms in total. The molecule has 2 heteroatoms. The van der Waals surface area contributed by atoms with E-state index in [9.17, 15) is 0 Å². The van der Waals surface area contributed by atoms with Gasteiger partial charge in [-0.25, -0.2) is 0 Å². The predicted octanol–water partition coefficient (Wildman–Crippen LogP) is 3.92. The minimum atomic E-state index is 0.706. The average molecular weight is 254 g/mol. The quantitative estimate of drug-likeness (QED) is 0.822. The van der Waals surface area contributed by atoms with Gasteiger partial charge in [-0.15, -0.1) is 0 Å². The van der Waals surface area contributed by atoms with E-state index in [2.05, 4.69) is 53.8 Å². The molecule has 0 aliphatic carbocycles. The highest BCUT2D eigenvalue weighted by Gasteiger charge is 2.22. The number of hydrogen-bond acceptors (Lipinski definition) is 1. The normalized spacial score (nSPS) is 17.9. The first-order valence-electron chi connectivity index (χ1n) is 7.17. The molecule has 3 rings (SSSR count). The van der Waals surface area contributed by atoms with E-state index in [-0.39, 0.29) is 0 Å². The van der Waals surface area contributed by atoms with Gasteiger partial charge in [0, 0.05) is 23.6 Å². The Morgan fingerprint density at radius 2 is 2.05 bits per heavy atom. The minimum Gasteiger partial charge on any atom is -0.361 e. The number of fused-ring (bicyclic) bond motifs is 1. The van der Waals surface area contributed by atoms with Crippen LogP contribution >= 0.6 is 0 Å². The van der Waals surface area contributed by atoms with Crippen LogP contribution in [0.3, 0.4) is 0 Å². The fourth-order valence-electron chi connectivity index (χ4n) is 3.22. The summed E-state index contributed by atoms with van der Waals surface area (Å²) in [6.07, 6.45) is 4.73. The lowest BCUT2D eigenvalue weighted by molar-refractivity contribution is 0.229. The summed E-state index contributed by atoms with van der Waals surface area (Å²) >= 11 is 0. The molecule has 0 unspecified atom stereocenters. The first-order valence-corrected chi connectivity index (χ1v) is 7.17. The SMILES string of the molecule is C=C(C)CN1CCC(c2c[nH]c3ccccc23)CC1. The van der Waals surface area contributed by atoms with Crippen LogP contribution in [0.2, 0.25) is 0 Å². The number of aromatic amines is 1. The second-order valence-corrected chi connectivity index (χ2v) is 5.80. The summed E-state index contributed by atoms with van der Waals surface area (Å²) in [5.41, 5.74) is 4.04. The van der Waals surface area contributed by atoms with Gasteiger partial charge in [-0.1, -0.05) is 30.4 Å². The van der Waals surface area contributed by atoms with Crippen LogP contribution in [0.5, 0.6) is 0 Å². The Morgan fingerprint density at radius 1 is 1.32 bits per heavy atom. The molecule has 1 saturated heterocycles. The molecule has 2 aromatic rings. The molecule has 0 atom stereocenters. The molecule has 1 N–H and O–H groups in total. The molecule has 0 amide bonds. The van der Waals surface area contributed by atoms with Gasteiger partial charge in [0.2, 0.25) is 0 Å². The lowest BCUT2D eigenvalue weighted by Crippen LogP contribution is -2.33. The van der Waals surface area contributed by atoms with Gasteiger partial charge in [-0.05, 0) is 50.4 Å². The van der Waals surface area contributed by atoms with Crippen molar-refractivity contribution in [2.45, 2.75) is 25.7 Å². The van der Waals surface area contributed by atoms with Crippen LogP contribution in [0.25, 0.3) is 10.9 Å². The fourth-order valence-corrected chi connectivity index (χ4v) is 3.22. The van der Waals surface area contributed by atoms with E-state index in [1.165, 1.54) is 48.0 Å². The zero-order chi connectivity index (χ0) is 13.2. The summed E-state index contributed by atoms with van der Waals surface area (Å²) in [5.74, 6) is 0.706. The maximum Gasteiger partial charge on any atom is 0.0456 e. The molecule has 0 saturated carbocycles. The van der Waals surface area contributed by atoms with Crippen LogP contribution in [0.1, 0.15) is 31.2 Å². The molecule has 0 radical (unpaired) electrons. The van der Waals surface area contributed by atoms with Crippen LogP contribution in [-0.2, 0) is 0 Å². The van der Waals surface area contributed by atoms with Gasteiger partial charge in [0.25, 0.3) is 0 Å². The number of H-pyrrole nitrogens is 1. The molecule has 1 aromatic heterocycles. The van der Waals surface area contributed by atoms with Gasteiger partial charge in [0.05, 0.1) is 0 Å². The third kappa shape index (κ3) is 2.59. The molecule has 0 spiro atoms. The van der Waals surface area contributed by atoms with E-state index in [0.29, 0.717) is 5.92 Å². The predicted molar refractivity (Wildman–Crippen MR) is 81.5 cm³/mol. The summed E-state index contributed by atoms with van der Waals surface area (Å²) < 4.78 is 0. The first kappa shape index (κ1) is 12.5. The smallest absolute Gasteiger partial charge is 0.0456 e. The molecule has 1 aliphatic rings. The van der Waals surface area contributed by atoms with Crippen molar-refractivity contribution in [3.63, 3.8) is 0 Å². The molecular weight excluding hydrogens is 232 g/mol. The number of aromatic nitrogens is 1. The minimum absolute atomic E-state index is 0.706. The number of benzene rings is 1. The third-order valence-electron chi connectivity index (χ3n) is 4.14. The molecule has 1 aliphatic heterocycles. The van der Waals surface area contributed by atoms with Gasteiger partial charge >= 0.3 is 0 Å². The average Bonchev–Trinajstić information content (AvgIpc) is 2.83. The van der Waals surface area contributed by atoms with Crippen molar-refractivity contribution in [3.05, 3.63) is 48.2 Å². The Bertz CT molecular complexity index is 574. The molecule has 2 heterocycles. The Kier molecular flexibility index (Phi) is 3.43. The zero-order valence-electron chi connectivity index (χ0n) is 11.7. The van der Waals surface area contributed by atoms with Crippen molar-refractivity contribution < 1.29 is 0 Å². The molecule has 19 heavy (non-hydrogen) atoms. The molecule has 1 fully saturated rings. The van der Waals surface area contributed by atoms with E-state index >= 15 is 0 Å². The summed E-state index contributed by atoms with van der Waals surface area (Å²) in [6, 6.07) is 8.63. The number of piperidine rings is 1. The lowest BCUT2D eigenvalue weighted by Gasteiger charge is -2.32. The molecular formula is C17H22N2. The van der Waals surface area contributed by atoms with E-state index in [0.717, 1.165) is 6.54 Å². The van der Waals surface area contributed by atoms with Crippen LogP contribution < -0.4 is 0 Å². The maximum atomic E-state index is 4.01. The maximum absolute atomic E-state index is 4.01. The lowest BCUT2D eigenvalue weighted by atomic mass is 9.89. The Labute approximate surface area is 115 Å². The second kappa shape index (κ2) is 5.22. The molecule has 0 bridgehead atoms. The van der Waals surface area contributed by atoms with Crippen LogP contribution in [0, 0.1) is 0 Å². The number of nitrogens with one attached hydrogen (secondary N) is 1. The highest BCUT2D eigenvalue weighted by atomic mass is 15.1. The van der Waals surface area contributed by atoms with Gasteiger partial charge < -0.3 is 4.98 Å². The van der Waals surface area contributed by atoms with E-state index in [4.69, 9.17) is 0 Å². The van der Waals surface area contributed by atoms with Gasteiger partial charge in [-0.3, -0.25) is 4.90 Å². The Hall–Kier alpha value is -1.54. The number of likely N-dealkylation sites (tertiary alicyclic amines) is 1. The topological polar surface area (TPSA) is 19.0 Å². The van der Waals surface area contributed by atoms with Gasteiger partial charge in [-0.2, -0.15) is 0 Å². The summed E-state index contributed by atoms with van der Waals surface area (Å²) in [5, 5.41) is 1.40. The van der Waals surface area contributed by atoms with Crippen LogP contribution in [-0.4, -0.2) is 29.5 Å². The second-order valence-electron chi connectivity index (χ2n) is 5.80. The Morgan fingerprint density at radius 3 is 2.79 bits per heavy atom. The van der Waals surface area contributed by atoms with E-state index in [1.54, 1.807) is 0 Å². The summed E-state index contributed by atoms with van der Waals surface area (Å²) in [4.78, 5) is 5.92. The van der Waals surface area contributed by atoms with Gasteiger partial charge in [0.15, 0.2) is 0 Å². The van der Waals surface area contributed by atoms with Crippen molar-refractivity contribution >= 4 is 10.9 Å². The van der Waals surface area contributed by atoms with Crippen LogP contribution in [0.15, 0.2) is 42.6 Å². The van der Waals surface area contributed by atoms with Crippen LogP contribution in [0.4, 0.5) is 0 Å². The van der Waals surface area contributed by atoms with E-state index in [1.807, 2.05) is 0 Å². The Balaban J connectivity index is 1.73. The largest absolute Gasteiger partial charge is 0.361 e. The third-order valence-corrected chi connectivity index (χ3v) is 4.14. The number of hydrogen-bond donors (Lipinski definition) is 1.